The van der Waals surface area contributed by atoms with E-state index in [1.807, 2.05) is 0 Å². The van der Waals surface area contributed by atoms with E-state index in [9.17, 15) is 0 Å². The predicted molar refractivity (Wildman–Crippen MR) is 40.9 cm³/mol. The minimum Gasteiger partial charge on any atom is -0.393 e. The standard InChI is InChI=1S/C6H13NS/c1-6(2,3)4-5(7)8/h4H2,1-3H3,(H2,7,8). The maximum absolute atomic E-state index is 5.31. The molecule has 0 aliphatic rings. The van der Waals surface area contributed by atoms with Crippen LogP contribution >= 0.6 is 12.2 Å². The van der Waals surface area contributed by atoms with Crippen molar-refractivity contribution in [3.05, 3.63) is 0 Å². The van der Waals surface area contributed by atoms with E-state index in [1.165, 1.54) is 0 Å². The summed E-state index contributed by atoms with van der Waals surface area (Å²) >= 11 is 4.72. The van der Waals surface area contributed by atoms with Crippen LogP contribution in [0.15, 0.2) is 0 Å². The largest absolute Gasteiger partial charge is 0.393 e. The van der Waals surface area contributed by atoms with Crippen molar-refractivity contribution < 1.29 is 0 Å². The lowest BCUT2D eigenvalue weighted by atomic mass is 9.92. The highest BCUT2D eigenvalue weighted by molar-refractivity contribution is 7.80. The van der Waals surface area contributed by atoms with Crippen molar-refractivity contribution >= 4 is 17.2 Å². The molecule has 0 spiro atoms. The third-order valence-corrected chi connectivity index (χ3v) is 0.849. The Balaban J connectivity index is 3.55. The normalized spacial score (nSPS) is 11.4. The fourth-order valence-electron chi connectivity index (χ4n) is 0.523. The van der Waals surface area contributed by atoms with Crippen LogP contribution in [0.25, 0.3) is 0 Å². The third kappa shape index (κ3) is 5.89. The minimum absolute atomic E-state index is 0.256. The molecule has 0 radical (unpaired) electrons. The quantitative estimate of drug-likeness (QED) is 0.548. The number of hydrogen-bond donors (Lipinski definition) is 1. The number of nitrogens with two attached hydrogens (primary N) is 1. The molecule has 48 valence electrons. The molecule has 0 rings (SSSR count). The Hall–Kier alpha value is -0.110. The predicted octanol–water partition coefficient (Wildman–Crippen LogP) is 1.71. The smallest absolute Gasteiger partial charge is 0.0732 e. The van der Waals surface area contributed by atoms with E-state index in [0.29, 0.717) is 4.99 Å². The van der Waals surface area contributed by atoms with Crippen LogP contribution in [0, 0.1) is 5.41 Å². The summed E-state index contributed by atoms with van der Waals surface area (Å²) in [5.74, 6) is 0. The average molecular weight is 131 g/mol. The van der Waals surface area contributed by atoms with Gasteiger partial charge in [-0.25, -0.2) is 0 Å². The van der Waals surface area contributed by atoms with Gasteiger partial charge in [0.05, 0.1) is 4.99 Å². The fourth-order valence-corrected chi connectivity index (χ4v) is 0.956. The fraction of sp³-hybridized carbons (Fsp3) is 0.833. The molecule has 0 fully saturated rings. The molecule has 0 saturated carbocycles. The molecule has 0 atom stereocenters. The van der Waals surface area contributed by atoms with Crippen LogP contribution in [0.5, 0.6) is 0 Å². The lowest BCUT2D eigenvalue weighted by Gasteiger charge is -2.15. The van der Waals surface area contributed by atoms with Crippen molar-refractivity contribution in [2.24, 2.45) is 11.1 Å². The zero-order chi connectivity index (χ0) is 6.78. The first-order chi connectivity index (χ1) is 3.42. The van der Waals surface area contributed by atoms with Gasteiger partial charge in [0.1, 0.15) is 0 Å². The Morgan fingerprint density at radius 2 is 1.88 bits per heavy atom. The van der Waals surface area contributed by atoms with Gasteiger partial charge in [0.15, 0.2) is 0 Å². The summed E-state index contributed by atoms with van der Waals surface area (Å²) in [4.78, 5) is 0.609. The van der Waals surface area contributed by atoms with Gasteiger partial charge in [0.25, 0.3) is 0 Å². The molecule has 2 N–H and O–H groups in total. The maximum Gasteiger partial charge on any atom is 0.0732 e. The van der Waals surface area contributed by atoms with E-state index < -0.39 is 0 Å². The van der Waals surface area contributed by atoms with Crippen LogP contribution in [0.3, 0.4) is 0 Å². The van der Waals surface area contributed by atoms with Gasteiger partial charge in [-0.2, -0.15) is 0 Å². The van der Waals surface area contributed by atoms with E-state index in [-0.39, 0.29) is 5.41 Å². The van der Waals surface area contributed by atoms with Crippen molar-refractivity contribution in [1.29, 1.82) is 0 Å². The molecule has 0 bridgehead atoms. The molecule has 0 saturated heterocycles. The van der Waals surface area contributed by atoms with Crippen LogP contribution in [-0.4, -0.2) is 4.99 Å². The van der Waals surface area contributed by atoms with Crippen molar-refractivity contribution in [3.63, 3.8) is 0 Å². The Labute approximate surface area is 56.3 Å². The Bertz CT molecular complexity index is 91.2. The van der Waals surface area contributed by atoms with Gasteiger partial charge in [-0.1, -0.05) is 33.0 Å². The summed E-state index contributed by atoms with van der Waals surface area (Å²) in [6.45, 7) is 6.35. The van der Waals surface area contributed by atoms with Gasteiger partial charge in [0, 0.05) is 6.42 Å². The molecule has 0 aliphatic carbocycles. The monoisotopic (exact) mass is 131 g/mol. The number of hydrogen-bond acceptors (Lipinski definition) is 1. The zero-order valence-corrected chi connectivity index (χ0v) is 6.51. The van der Waals surface area contributed by atoms with Crippen LogP contribution in [0.4, 0.5) is 0 Å². The topological polar surface area (TPSA) is 26.0 Å². The van der Waals surface area contributed by atoms with Gasteiger partial charge >= 0.3 is 0 Å². The minimum atomic E-state index is 0.256. The van der Waals surface area contributed by atoms with Gasteiger partial charge in [-0.05, 0) is 5.41 Å². The average Bonchev–Trinajstić information content (AvgIpc) is 1.21. The number of thiocarbonyl (C=S) groups is 1. The van der Waals surface area contributed by atoms with Crippen molar-refractivity contribution in [2.45, 2.75) is 27.2 Å². The van der Waals surface area contributed by atoms with E-state index in [4.69, 9.17) is 18.0 Å². The molecule has 2 heteroatoms. The van der Waals surface area contributed by atoms with Crippen LogP contribution in [0.2, 0.25) is 0 Å². The van der Waals surface area contributed by atoms with Crippen LogP contribution < -0.4 is 5.73 Å². The second kappa shape index (κ2) is 2.44. The molecule has 0 aromatic rings. The summed E-state index contributed by atoms with van der Waals surface area (Å²) < 4.78 is 0. The SMILES string of the molecule is CC(C)(C)CC(N)=S. The molecule has 0 heterocycles. The lowest BCUT2D eigenvalue weighted by Crippen LogP contribution is -2.17. The molecule has 0 aliphatic heterocycles. The van der Waals surface area contributed by atoms with Crippen molar-refractivity contribution in [1.82, 2.24) is 0 Å². The highest BCUT2D eigenvalue weighted by Gasteiger charge is 2.10. The van der Waals surface area contributed by atoms with Crippen LogP contribution in [-0.2, 0) is 0 Å². The van der Waals surface area contributed by atoms with E-state index >= 15 is 0 Å². The zero-order valence-electron chi connectivity index (χ0n) is 5.69. The van der Waals surface area contributed by atoms with Gasteiger partial charge in [-0.3, -0.25) is 0 Å². The van der Waals surface area contributed by atoms with Gasteiger partial charge in [-0.15, -0.1) is 0 Å². The molecule has 0 aromatic heterocycles. The summed E-state index contributed by atoms with van der Waals surface area (Å²) in [5, 5.41) is 0. The summed E-state index contributed by atoms with van der Waals surface area (Å²) in [6.07, 6.45) is 0.836. The summed E-state index contributed by atoms with van der Waals surface area (Å²) in [6, 6.07) is 0. The first kappa shape index (κ1) is 7.89. The highest BCUT2D eigenvalue weighted by atomic mass is 32.1. The molecular formula is C6H13NS. The van der Waals surface area contributed by atoms with E-state index in [2.05, 4.69) is 20.8 Å². The van der Waals surface area contributed by atoms with Gasteiger partial charge < -0.3 is 5.73 Å². The third-order valence-electron chi connectivity index (χ3n) is 0.705. The molecule has 8 heavy (non-hydrogen) atoms. The second-order valence-electron chi connectivity index (χ2n) is 3.20. The lowest BCUT2D eigenvalue weighted by molar-refractivity contribution is 0.435. The molecule has 1 nitrogen and oxygen atoms in total. The summed E-state index contributed by atoms with van der Waals surface area (Å²) in [5.41, 5.74) is 5.57. The molecule has 0 aromatic carbocycles. The van der Waals surface area contributed by atoms with Crippen molar-refractivity contribution in [2.75, 3.05) is 0 Å². The first-order valence-electron chi connectivity index (χ1n) is 2.70. The second-order valence-corrected chi connectivity index (χ2v) is 3.73. The Morgan fingerprint density at radius 1 is 1.50 bits per heavy atom. The van der Waals surface area contributed by atoms with Gasteiger partial charge in [0.2, 0.25) is 0 Å². The highest BCUT2D eigenvalue weighted by Crippen LogP contribution is 2.17. The summed E-state index contributed by atoms with van der Waals surface area (Å²) in [7, 11) is 0. The Kier molecular flexibility index (Phi) is 2.41. The van der Waals surface area contributed by atoms with Crippen molar-refractivity contribution in [3.8, 4) is 0 Å². The first-order valence-corrected chi connectivity index (χ1v) is 3.11. The van der Waals surface area contributed by atoms with E-state index in [0.717, 1.165) is 6.42 Å². The van der Waals surface area contributed by atoms with E-state index in [1.54, 1.807) is 0 Å². The number of rotatable bonds is 1. The van der Waals surface area contributed by atoms with Crippen LogP contribution in [0.1, 0.15) is 27.2 Å². The molecule has 0 unspecified atom stereocenters. The maximum atomic E-state index is 5.31. The molecule has 0 amide bonds. The molecular weight excluding hydrogens is 118 g/mol. The Morgan fingerprint density at radius 3 is 1.88 bits per heavy atom.